The van der Waals surface area contributed by atoms with E-state index in [1.165, 1.54) is 0 Å². The molecule has 0 saturated heterocycles. The number of hydrogen-bond acceptors (Lipinski definition) is 4. The number of aromatic nitrogens is 3. The van der Waals surface area contributed by atoms with Gasteiger partial charge < -0.3 is 10.1 Å². The molecule has 1 heterocycles. The molecule has 0 aliphatic carbocycles. The third-order valence-corrected chi connectivity index (χ3v) is 4.47. The normalized spacial score (nSPS) is 12.0. The first-order valence-electron chi connectivity index (χ1n) is 8.88. The average Bonchev–Trinajstić information content (AvgIpc) is 3.08. The van der Waals surface area contributed by atoms with Crippen LogP contribution in [0.25, 0.3) is 16.8 Å². The van der Waals surface area contributed by atoms with E-state index in [2.05, 4.69) is 15.6 Å². The highest BCUT2D eigenvalue weighted by molar-refractivity contribution is 5.98. The van der Waals surface area contributed by atoms with Gasteiger partial charge in [0.25, 0.3) is 5.91 Å². The molecule has 1 atom stereocenters. The number of methoxy groups -OCH3 is 1. The van der Waals surface area contributed by atoms with Crippen molar-refractivity contribution in [1.29, 1.82) is 0 Å². The molecular weight excluding hydrogens is 340 g/mol. The second kappa shape index (κ2) is 8.14. The Morgan fingerprint density at radius 1 is 1.19 bits per heavy atom. The van der Waals surface area contributed by atoms with Gasteiger partial charge in [-0.15, -0.1) is 5.10 Å². The Morgan fingerprint density at radius 3 is 2.56 bits per heavy atom. The van der Waals surface area contributed by atoms with Crippen molar-refractivity contribution in [2.24, 2.45) is 0 Å². The van der Waals surface area contributed by atoms with Gasteiger partial charge in [0.1, 0.15) is 0 Å². The standard InChI is InChI=1S/C21H24N4O2/c1-14(13-27-4)23-21(26)19-10-18(17-8-6-5-7-9-17)11-20(16(19)3)25-15(2)12-22-24-25/h5-12,14H,13H2,1-4H3,(H,23,26). The second-order valence-corrected chi connectivity index (χ2v) is 6.65. The Kier molecular flexibility index (Phi) is 5.66. The highest BCUT2D eigenvalue weighted by Gasteiger charge is 2.18. The monoisotopic (exact) mass is 364 g/mol. The molecule has 3 aromatic rings. The molecule has 0 aliphatic heterocycles. The van der Waals surface area contributed by atoms with Gasteiger partial charge in [0.15, 0.2) is 0 Å². The van der Waals surface area contributed by atoms with Crippen LogP contribution in [0.15, 0.2) is 48.7 Å². The fourth-order valence-electron chi connectivity index (χ4n) is 3.07. The van der Waals surface area contributed by atoms with Crippen molar-refractivity contribution in [2.45, 2.75) is 26.8 Å². The number of hydrogen-bond donors (Lipinski definition) is 1. The van der Waals surface area contributed by atoms with Gasteiger partial charge in [0.05, 0.1) is 24.2 Å². The van der Waals surface area contributed by atoms with E-state index in [0.717, 1.165) is 28.1 Å². The van der Waals surface area contributed by atoms with Gasteiger partial charge in [-0.25, -0.2) is 4.68 Å². The van der Waals surface area contributed by atoms with Crippen LogP contribution < -0.4 is 5.32 Å². The van der Waals surface area contributed by atoms with Crippen LogP contribution in [0.3, 0.4) is 0 Å². The molecule has 0 saturated carbocycles. The van der Waals surface area contributed by atoms with E-state index < -0.39 is 0 Å². The lowest BCUT2D eigenvalue weighted by Crippen LogP contribution is -2.36. The number of nitrogens with zero attached hydrogens (tertiary/aromatic N) is 3. The van der Waals surface area contributed by atoms with Gasteiger partial charge in [-0.2, -0.15) is 0 Å². The van der Waals surface area contributed by atoms with Crippen molar-refractivity contribution < 1.29 is 9.53 Å². The minimum Gasteiger partial charge on any atom is -0.383 e. The van der Waals surface area contributed by atoms with Crippen LogP contribution in [0.2, 0.25) is 0 Å². The van der Waals surface area contributed by atoms with E-state index >= 15 is 0 Å². The molecule has 0 bridgehead atoms. The summed E-state index contributed by atoms with van der Waals surface area (Å²) in [5.41, 5.74) is 5.21. The van der Waals surface area contributed by atoms with E-state index in [9.17, 15) is 4.79 Å². The summed E-state index contributed by atoms with van der Waals surface area (Å²) in [5.74, 6) is -0.131. The van der Waals surface area contributed by atoms with Gasteiger partial charge in [-0.3, -0.25) is 4.79 Å². The summed E-state index contributed by atoms with van der Waals surface area (Å²) < 4.78 is 6.89. The maximum absolute atomic E-state index is 12.9. The number of rotatable bonds is 6. The maximum Gasteiger partial charge on any atom is 0.251 e. The molecule has 1 aromatic heterocycles. The van der Waals surface area contributed by atoms with Crippen molar-refractivity contribution in [2.75, 3.05) is 13.7 Å². The number of ether oxygens (including phenoxy) is 1. The average molecular weight is 364 g/mol. The predicted octanol–water partition coefficient (Wildman–Crippen LogP) is 3.32. The Morgan fingerprint density at radius 2 is 1.93 bits per heavy atom. The summed E-state index contributed by atoms with van der Waals surface area (Å²) in [6.07, 6.45) is 1.70. The molecule has 1 amide bonds. The summed E-state index contributed by atoms with van der Waals surface area (Å²) in [4.78, 5) is 12.9. The molecule has 0 radical (unpaired) electrons. The molecule has 6 heteroatoms. The molecule has 2 aromatic carbocycles. The largest absolute Gasteiger partial charge is 0.383 e. The van der Waals surface area contributed by atoms with Crippen molar-refractivity contribution in [3.05, 3.63) is 65.5 Å². The number of aryl methyl sites for hydroxylation is 1. The van der Waals surface area contributed by atoms with Crippen LogP contribution in [0, 0.1) is 13.8 Å². The highest BCUT2D eigenvalue weighted by Crippen LogP contribution is 2.28. The summed E-state index contributed by atoms with van der Waals surface area (Å²) in [6.45, 7) is 6.24. The van der Waals surface area contributed by atoms with E-state index in [1.807, 2.05) is 63.2 Å². The Labute approximate surface area is 159 Å². The number of benzene rings is 2. The van der Waals surface area contributed by atoms with Crippen LogP contribution in [-0.4, -0.2) is 40.7 Å². The van der Waals surface area contributed by atoms with Crippen LogP contribution in [0.4, 0.5) is 0 Å². The Hall–Kier alpha value is -2.99. The summed E-state index contributed by atoms with van der Waals surface area (Å²) >= 11 is 0. The second-order valence-electron chi connectivity index (χ2n) is 6.65. The minimum atomic E-state index is -0.131. The van der Waals surface area contributed by atoms with Crippen molar-refractivity contribution in [1.82, 2.24) is 20.3 Å². The van der Waals surface area contributed by atoms with Crippen molar-refractivity contribution in [3.63, 3.8) is 0 Å². The molecule has 27 heavy (non-hydrogen) atoms. The lowest BCUT2D eigenvalue weighted by molar-refractivity contribution is 0.0905. The fourth-order valence-corrected chi connectivity index (χ4v) is 3.07. The van der Waals surface area contributed by atoms with Crippen LogP contribution in [0.1, 0.15) is 28.5 Å². The fraction of sp³-hybridized carbons (Fsp3) is 0.286. The van der Waals surface area contributed by atoms with Gasteiger partial charge in [-0.1, -0.05) is 35.5 Å². The zero-order chi connectivity index (χ0) is 19.4. The van der Waals surface area contributed by atoms with Gasteiger partial charge in [-0.05, 0) is 49.6 Å². The maximum atomic E-state index is 12.9. The Bertz CT molecular complexity index is 935. The molecular formula is C21H24N4O2. The van der Waals surface area contributed by atoms with Crippen molar-refractivity contribution >= 4 is 5.91 Å². The molecule has 6 nitrogen and oxygen atoms in total. The highest BCUT2D eigenvalue weighted by atomic mass is 16.5. The molecule has 1 N–H and O–H groups in total. The number of carbonyl (C=O) groups excluding carboxylic acids is 1. The summed E-state index contributed by atoms with van der Waals surface area (Å²) in [6, 6.07) is 13.9. The minimum absolute atomic E-state index is 0.0844. The third kappa shape index (κ3) is 4.06. The number of amides is 1. The zero-order valence-electron chi connectivity index (χ0n) is 16.1. The quantitative estimate of drug-likeness (QED) is 0.728. The van der Waals surface area contributed by atoms with Gasteiger partial charge in [0.2, 0.25) is 0 Å². The summed E-state index contributed by atoms with van der Waals surface area (Å²) in [7, 11) is 1.62. The van der Waals surface area contributed by atoms with E-state index in [-0.39, 0.29) is 11.9 Å². The molecule has 3 rings (SSSR count). The first kappa shape index (κ1) is 18.8. The van der Waals surface area contributed by atoms with Crippen LogP contribution in [-0.2, 0) is 4.74 Å². The van der Waals surface area contributed by atoms with Crippen molar-refractivity contribution in [3.8, 4) is 16.8 Å². The number of nitrogens with one attached hydrogen (secondary N) is 1. The zero-order valence-corrected chi connectivity index (χ0v) is 16.1. The molecule has 0 spiro atoms. The van der Waals surface area contributed by atoms with Crippen LogP contribution in [0.5, 0.6) is 0 Å². The van der Waals surface area contributed by atoms with Gasteiger partial charge >= 0.3 is 0 Å². The predicted molar refractivity (Wildman–Crippen MR) is 105 cm³/mol. The molecule has 0 aliphatic rings. The smallest absolute Gasteiger partial charge is 0.251 e. The molecule has 0 fully saturated rings. The first-order valence-corrected chi connectivity index (χ1v) is 8.88. The van der Waals surface area contributed by atoms with E-state index in [1.54, 1.807) is 18.0 Å². The Balaban J connectivity index is 2.12. The molecule has 1 unspecified atom stereocenters. The van der Waals surface area contributed by atoms with E-state index in [4.69, 9.17) is 4.74 Å². The van der Waals surface area contributed by atoms with Gasteiger partial charge in [0, 0.05) is 18.7 Å². The first-order chi connectivity index (χ1) is 13.0. The SMILES string of the molecule is COCC(C)NC(=O)c1cc(-c2ccccc2)cc(-n2nncc2C)c1C. The number of carbonyl (C=O) groups is 1. The lowest BCUT2D eigenvalue weighted by Gasteiger charge is -2.18. The third-order valence-electron chi connectivity index (χ3n) is 4.47. The topological polar surface area (TPSA) is 69.0 Å². The summed E-state index contributed by atoms with van der Waals surface area (Å²) in [5, 5.41) is 11.2. The van der Waals surface area contributed by atoms with E-state index in [0.29, 0.717) is 12.2 Å². The lowest BCUT2D eigenvalue weighted by atomic mass is 9.97. The molecule has 140 valence electrons. The van der Waals surface area contributed by atoms with Crippen LogP contribution >= 0.6 is 0 Å².